The van der Waals surface area contributed by atoms with Crippen molar-refractivity contribution in [3.05, 3.63) is 35.6 Å². The van der Waals surface area contributed by atoms with E-state index in [0.29, 0.717) is 5.76 Å². The van der Waals surface area contributed by atoms with E-state index in [1.165, 1.54) is 0 Å². The Balaban J connectivity index is 2.23. The standard InChI is InChI=1S/C11H10O4/c1-7-10(15-11(13)14-7)6-8-2-4-9(12)5-3-8/h2-7,12H,1H3/b10-6-. The highest BCUT2D eigenvalue weighted by Crippen LogP contribution is 2.22. The molecule has 1 atom stereocenters. The Labute approximate surface area is 86.7 Å². The van der Waals surface area contributed by atoms with Gasteiger partial charge in [-0.2, -0.15) is 0 Å². The Kier molecular flexibility index (Phi) is 2.33. The maximum Gasteiger partial charge on any atom is 0.514 e. The van der Waals surface area contributed by atoms with E-state index in [1.54, 1.807) is 37.3 Å². The quantitative estimate of drug-likeness (QED) is 0.716. The van der Waals surface area contributed by atoms with Gasteiger partial charge in [0.05, 0.1) is 0 Å². The summed E-state index contributed by atoms with van der Waals surface area (Å²) in [4.78, 5) is 10.8. The van der Waals surface area contributed by atoms with Gasteiger partial charge in [-0.1, -0.05) is 12.1 Å². The van der Waals surface area contributed by atoms with Gasteiger partial charge in [-0.3, -0.25) is 0 Å². The molecule has 1 aromatic carbocycles. The minimum atomic E-state index is -0.674. The van der Waals surface area contributed by atoms with Crippen LogP contribution in [0.2, 0.25) is 0 Å². The van der Waals surface area contributed by atoms with Crippen molar-refractivity contribution >= 4 is 12.2 Å². The molecule has 1 aliphatic heterocycles. The maximum absolute atomic E-state index is 10.8. The van der Waals surface area contributed by atoms with Crippen LogP contribution >= 0.6 is 0 Å². The van der Waals surface area contributed by atoms with Crippen molar-refractivity contribution in [3.63, 3.8) is 0 Å². The number of rotatable bonds is 1. The van der Waals surface area contributed by atoms with Gasteiger partial charge >= 0.3 is 6.16 Å². The molecule has 4 heteroatoms. The highest BCUT2D eigenvalue weighted by molar-refractivity contribution is 5.68. The summed E-state index contributed by atoms with van der Waals surface area (Å²) in [6.45, 7) is 1.73. The van der Waals surface area contributed by atoms with Crippen molar-refractivity contribution in [1.29, 1.82) is 0 Å². The molecule has 0 radical (unpaired) electrons. The number of hydrogen-bond acceptors (Lipinski definition) is 4. The van der Waals surface area contributed by atoms with Gasteiger partial charge in [0.2, 0.25) is 0 Å². The number of cyclic esters (lactones) is 2. The minimum Gasteiger partial charge on any atom is -0.508 e. The zero-order valence-corrected chi connectivity index (χ0v) is 8.14. The monoisotopic (exact) mass is 206 g/mol. The number of phenolic OH excluding ortho intramolecular Hbond substituents is 1. The largest absolute Gasteiger partial charge is 0.514 e. The molecular weight excluding hydrogens is 196 g/mol. The molecule has 0 amide bonds. The van der Waals surface area contributed by atoms with Crippen molar-refractivity contribution in [1.82, 2.24) is 0 Å². The van der Waals surface area contributed by atoms with Crippen LogP contribution in [0, 0.1) is 0 Å². The third-order valence-corrected chi connectivity index (χ3v) is 2.08. The number of carbonyl (C=O) groups is 1. The van der Waals surface area contributed by atoms with Gasteiger partial charge in [0.1, 0.15) is 5.75 Å². The van der Waals surface area contributed by atoms with E-state index < -0.39 is 6.16 Å². The van der Waals surface area contributed by atoms with E-state index in [9.17, 15) is 4.79 Å². The molecule has 0 aromatic heterocycles. The van der Waals surface area contributed by atoms with Crippen LogP contribution in [0.3, 0.4) is 0 Å². The number of benzene rings is 1. The van der Waals surface area contributed by atoms with Crippen LogP contribution in [-0.2, 0) is 9.47 Å². The van der Waals surface area contributed by atoms with Crippen molar-refractivity contribution < 1.29 is 19.4 Å². The molecule has 1 saturated heterocycles. The van der Waals surface area contributed by atoms with Crippen LogP contribution in [0.4, 0.5) is 4.79 Å². The van der Waals surface area contributed by atoms with Gasteiger partial charge < -0.3 is 14.6 Å². The molecule has 78 valence electrons. The van der Waals surface area contributed by atoms with Crippen molar-refractivity contribution in [2.75, 3.05) is 0 Å². The molecule has 1 aliphatic rings. The fraction of sp³-hybridized carbons (Fsp3) is 0.182. The van der Waals surface area contributed by atoms with E-state index in [1.807, 2.05) is 0 Å². The smallest absolute Gasteiger partial charge is 0.508 e. The lowest BCUT2D eigenvalue weighted by Gasteiger charge is -1.99. The Morgan fingerprint density at radius 3 is 2.53 bits per heavy atom. The average Bonchev–Trinajstić information content (AvgIpc) is 2.49. The van der Waals surface area contributed by atoms with Crippen LogP contribution in [-0.4, -0.2) is 17.4 Å². The van der Waals surface area contributed by atoms with E-state index in [4.69, 9.17) is 14.6 Å². The first-order valence-corrected chi connectivity index (χ1v) is 4.54. The van der Waals surface area contributed by atoms with Crippen LogP contribution < -0.4 is 0 Å². The zero-order chi connectivity index (χ0) is 10.8. The zero-order valence-electron chi connectivity index (χ0n) is 8.14. The molecule has 1 N–H and O–H groups in total. The first-order chi connectivity index (χ1) is 7.15. The highest BCUT2D eigenvalue weighted by atomic mass is 16.8. The predicted octanol–water partition coefficient (Wildman–Crippen LogP) is 2.29. The van der Waals surface area contributed by atoms with E-state index in [0.717, 1.165) is 5.56 Å². The van der Waals surface area contributed by atoms with Crippen LogP contribution in [0.15, 0.2) is 30.0 Å². The normalized spacial score (nSPS) is 22.6. The summed E-state index contributed by atoms with van der Waals surface area (Å²) in [5.74, 6) is 0.676. The van der Waals surface area contributed by atoms with E-state index in [-0.39, 0.29) is 11.9 Å². The van der Waals surface area contributed by atoms with Crippen molar-refractivity contribution in [2.24, 2.45) is 0 Å². The molecule has 1 aromatic rings. The second-order valence-electron chi connectivity index (χ2n) is 3.25. The third kappa shape index (κ3) is 2.10. The summed E-state index contributed by atoms with van der Waals surface area (Å²) in [5, 5.41) is 9.08. The summed E-state index contributed by atoms with van der Waals surface area (Å²) >= 11 is 0. The maximum atomic E-state index is 10.8. The second-order valence-corrected chi connectivity index (χ2v) is 3.25. The van der Waals surface area contributed by atoms with Gasteiger partial charge in [0.15, 0.2) is 11.9 Å². The average molecular weight is 206 g/mol. The summed E-state index contributed by atoms with van der Waals surface area (Å²) in [7, 11) is 0. The van der Waals surface area contributed by atoms with E-state index >= 15 is 0 Å². The van der Waals surface area contributed by atoms with Gasteiger partial charge in [-0.05, 0) is 30.7 Å². The molecule has 15 heavy (non-hydrogen) atoms. The lowest BCUT2D eigenvalue weighted by Crippen LogP contribution is -2.00. The van der Waals surface area contributed by atoms with Gasteiger partial charge in [-0.25, -0.2) is 4.79 Å². The first-order valence-electron chi connectivity index (χ1n) is 4.54. The number of phenols is 1. The van der Waals surface area contributed by atoms with Crippen LogP contribution in [0.25, 0.3) is 6.08 Å². The molecule has 0 saturated carbocycles. The SMILES string of the molecule is CC1OC(=O)O/C1=C\c1ccc(O)cc1. The summed E-state index contributed by atoms with van der Waals surface area (Å²) in [5.41, 5.74) is 0.841. The van der Waals surface area contributed by atoms with Crippen molar-refractivity contribution in [3.8, 4) is 5.75 Å². The second kappa shape index (κ2) is 3.65. The Morgan fingerprint density at radius 1 is 1.33 bits per heavy atom. The summed E-state index contributed by atoms with van der Waals surface area (Å²) < 4.78 is 9.64. The van der Waals surface area contributed by atoms with Gasteiger partial charge in [-0.15, -0.1) is 0 Å². The molecule has 2 rings (SSSR count). The first kappa shape index (κ1) is 9.58. The Morgan fingerprint density at radius 2 is 2.00 bits per heavy atom. The van der Waals surface area contributed by atoms with Crippen LogP contribution in [0.5, 0.6) is 5.75 Å². The summed E-state index contributed by atoms with van der Waals surface area (Å²) in [6.07, 6.45) is 0.675. The fourth-order valence-electron chi connectivity index (χ4n) is 1.29. The third-order valence-electron chi connectivity index (χ3n) is 2.08. The number of hydrogen-bond donors (Lipinski definition) is 1. The molecule has 0 aliphatic carbocycles. The Hall–Kier alpha value is -1.97. The highest BCUT2D eigenvalue weighted by Gasteiger charge is 2.26. The number of aromatic hydroxyl groups is 1. The fourth-order valence-corrected chi connectivity index (χ4v) is 1.29. The molecular formula is C11H10O4. The molecule has 0 spiro atoms. The Bertz CT molecular complexity index is 405. The number of ether oxygens (including phenoxy) is 2. The predicted molar refractivity (Wildman–Crippen MR) is 53.1 cm³/mol. The van der Waals surface area contributed by atoms with E-state index in [2.05, 4.69) is 0 Å². The van der Waals surface area contributed by atoms with Gasteiger partial charge in [0, 0.05) is 0 Å². The topological polar surface area (TPSA) is 55.8 Å². The molecule has 1 heterocycles. The minimum absolute atomic E-state index is 0.199. The van der Waals surface area contributed by atoms with Gasteiger partial charge in [0.25, 0.3) is 0 Å². The molecule has 1 fully saturated rings. The lowest BCUT2D eigenvalue weighted by molar-refractivity contribution is 0.122. The molecule has 4 nitrogen and oxygen atoms in total. The van der Waals surface area contributed by atoms with Crippen LogP contribution in [0.1, 0.15) is 12.5 Å². The summed E-state index contributed by atoms with van der Waals surface area (Å²) in [6, 6.07) is 6.58. The lowest BCUT2D eigenvalue weighted by atomic mass is 10.1. The van der Waals surface area contributed by atoms with Crippen molar-refractivity contribution in [2.45, 2.75) is 13.0 Å². The molecule has 1 unspecified atom stereocenters. The number of carbonyl (C=O) groups excluding carboxylic acids is 1. The molecule has 0 bridgehead atoms.